The first kappa shape index (κ1) is 14.8. The van der Waals surface area contributed by atoms with Crippen molar-refractivity contribution in [1.29, 1.82) is 0 Å². The van der Waals surface area contributed by atoms with Crippen molar-refractivity contribution >= 4 is 33.3 Å². The summed E-state index contributed by atoms with van der Waals surface area (Å²) in [5.74, 6) is -0.857. The molecule has 1 aliphatic heterocycles. The molecule has 0 radical (unpaired) electrons. The lowest BCUT2D eigenvalue weighted by Gasteiger charge is -2.12. The van der Waals surface area contributed by atoms with E-state index >= 15 is 0 Å². The van der Waals surface area contributed by atoms with Crippen LogP contribution in [0.15, 0.2) is 22.0 Å². The van der Waals surface area contributed by atoms with Gasteiger partial charge in [0.1, 0.15) is 6.61 Å². The Morgan fingerprint density at radius 2 is 2.20 bits per heavy atom. The third kappa shape index (κ3) is 2.94. The molecule has 0 amide bonds. The molecule has 1 aliphatic rings. The van der Waals surface area contributed by atoms with Gasteiger partial charge in [0.25, 0.3) is 0 Å². The van der Waals surface area contributed by atoms with E-state index in [-0.39, 0.29) is 27.5 Å². The van der Waals surface area contributed by atoms with E-state index in [4.69, 9.17) is 21.4 Å². The first-order valence-corrected chi connectivity index (χ1v) is 7.98. The van der Waals surface area contributed by atoms with E-state index < -0.39 is 15.8 Å². The Kier molecular flexibility index (Phi) is 4.01. The third-order valence-electron chi connectivity index (χ3n) is 2.81. The highest BCUT2D eigenvalue weighted by atomic mass is 35.5. The van der Waals surface area contributed by atoms with E-state index in [1.165, 1.54) is 12.1 Å². The standard InChI is InChI=1S/C12H12ClNO5S/c1-20(17,18)9-3-2-7(12(15)16)11(13)8(9)6-10-14-4-5-19-10/h2-3H,4-6H2,1H3,(H,15,16). The van der Waals surface area contributed by atoms with Crippen molar-refractivity contribution in [2.45, 2.75) is 11.3 Å². The van der Waals surface area contributed by atoms with E-state index in [9.17, 15) is 13.2 Å². The second kappa shape index (κ2) is 5.41. The van der Waals surface area contributed by atoms with Crippen molar-refractivity contribution in [3.63, 3.8) is 0 Å². The number of hydrogen-bond acceptors (Lipinski definition) is 5. The van der Waals surface area contributed by atoms with Crippen LogP contribution in [0.4, 0.5) is 0 Å². The molecular weight excluding hydrogens is 306 g/mol. The molecular formula is C12H12ClNO5S. The Hall–Kier alpha value is -1.60. The second-order valence-electron chi connectivity index (χ2n) is 4.28. The summed E-state index contributed by atoms with van der Waals surface area (Å²) < 4.78 is 28.8. The van der Waals surface area contributed by atoms with Crippen LogP contribution in [-0.2, 0) is 21.0 Å². The number of nitrogens with zero attached hydrogens (tertiary/aromatic N) is 1. The van der Waals surface area contributed by atoms with Crippen LogP contribution in [0.25, 0.3) is 0 Å². The average Bonchev–Trinajstić information content (AvgIpc) is 2.82. The summed E-state index contributed by atoms with van der Waals surface area (Å²) in [4.78, 5) is 15.1. The Morgan fingerprint density at radius 1 is 1.50 bits per heavy atom. The van der Waals surface area contributed by atoms with Crippen LogP contribution in [0.5, 0.6) is 0 Å². The monoisotopic (exact) mass is 317 g/mol. The lowest BCUT2D eigenvalue weighted by molar-refractivity contribution is 0.0697. The van der Waals surface area contributed by atoms with Crippen molar-refractivity contribution in [2.24, 2.45) is 4.99 Å². The minimum absolute atomic E-state index is 0.00861. The highest BCUT2D eigenvalue weighted by Gasteiger charge is 2.23. The zero-order valence-electron chi connectivity index (χ0n) is 10.6. The van der Waals surface area contributed by atoms with E-state index in [1.807, 2.05) is 0 Å². The summed E-state index contributed by atoms with van der Waals surface area (Å²) in [5.41, 5.74) is 0.0578. The zero-order valence-corrected chi connectivity index (χ0v) is 12.2. The maximum Gasteiger partial charge on any atom is 0.337 e. The van der Waals surface area contributed by atoms with Crippen molar-refractivity contribution in [3.05, 3.63) is 28.3 Å². The summed E-state index contributed by atoms with van der Waals surface area (Å²) in [6, 6.07) is 2.43. The number of rotatable bonds is 4. The molecule has 0 bridgehead atoms. The van der Waals surface area contributed by atoms with Gasteiger partial charge in [0.15, 0.2) is 15.7 Å². The Morgan fingerprint density at radius 3 is 2.70 bits per heavy atom. The minimum atomic E-state index is -3.53. The van der Waals surface area contributed by atoms with Crippen molar-refractivity contribution in [1.82, 2.24) is 0 Å². The SMILES string of the molecule is CS(=O)(=O)c1ccc(C(=O)O)c(Cl)c1CC1=NCCO1. The number of aromatic carboxylic acids is 1. The van der Waals surface area contributed by atoms with Crippen LogP contribution in [0.1, 0.15) is 15.9 Å². The highest BCUT2D eigenvalue weighted by Crippen LogP contribution is 2.29. The van der Waals surface area contributed by atoms with Crippen LogP contribution < -0.4 is 0 Å². The summed E-state index contributed by atoms with van der Waals surface area (Å²) >= 11 is 6.04. The van der Waals surface area contributed by atoms with Crippen molar-refractivity contribution < 1.29 is 23.1 Å². The van der Waals surface area contributed by atoms with Gasteiger partial charge in [-0.25, -0.2) is 13.2 Å². The summed E-state index contributed by atoms with van der Waals surface area (Å²) in [5, 5.41) is 8.95. The Balaban J connectivity index is 2.59. The van der Waals surface area contributed by atoms with Crippen LogP contribution in [0, 0.1) is 0 Å². The number of carboxylic acids is 1. The van der Waals surface area contributed by atoms with Crippen LogP contribution in [0.3, 0.4) is 0 Å². The normalized spacial score (nSPS) is 14.8. The molecule has 0 fully saturated rings. The molecule has 0 aliphatic carbocycles. The number of sulfone groups is 1. The lowest BCUT2D eigenvalue weighted by Crippen LogP contribution is -2.12. The van der Waals surface area contributed by atoms with Crippen LogP contribution in [-0.4, -0.2) is 44.8 Å². The fourth-order valence-corrected chi connectivity index (χ4v) is 3.22. The smallest absolute Gasteiger partial charge is 0.337 e. The number of benzene rings is 1. The van der Waals surface area contributed by atoms with Gasteiger partial charge < -0.3 is 9.84 Å². The minimum Gasteiger partial charge on any atom is -0.479 e. The number of hydrogen-bond donors (Lipinski definition) is 1. The third-order valence-corrected chi connectivity index (χ3v) is 4.42. The van der Waals surface area contributed by atoms with Gasteiger partial charge in [-0.2, -0.15) is 0 Å². The van der Waals surface area contributed by atoms with E-state index in [0.717, 1.165) is 6.26 Å². The fourth-order valence-electron chi connectivity index (χ4n) is 1.92. The molecule has 0 saturated heterocycles. The summed E-state index contributed by atoms with van der Waals surface area (Å²) in [7, 11) is -3.53. The zero-order chi connectivity index (χ0) is 14.9. The van der Waals surface area contributed by atoms with Crippen LogP contribution >= 0.6 is 11.6 Å². The van der Waals surface area contributed by atoms with Gasteiger partial charge in [-0.15, -0.1) is 0 Å². The van der Waals surface area contributed by atoms with Crippen LogP contribution in [0.2, 0.25) is 5.02 Å². The van der Waals surface area contributed by atoms with E-state index in [2.05, 4.69) is 4.99 Å². The molecule has 0 saturated carbocycles. The predicted octanol–water partition coefficient (Wildman–Crippen LogP) is 1.41. The first-order valence-electron chi connectivity index (χ1n) is 5.71. The Labute approximate surface area is 121 Å². The number of carboxylic acid groups (broad SMARTS) is 1. The largest absolute Gasteiger partial charge is 0.479 e. The number of ether oxygens (including phenoxy) is 1. The number of carbonyl (C=O) groups is 1. The second-order valence-corrected chi connectivity index (χ2v) is 6.64. The molecule has 6 nitrogen and oxygen atoms in total. The predicted molar refractivity (Wildman–Crippen MR) is 73.5 cm³/mol. The molecule has 108 valence electrons. The molecule has 2 rings (SSSR count). The molecule has 1 aromatic rings. The molecule has 1 aromatic carbocycles. The maximum atomic E-state index is 11.8. The van der Waals surface area contributed by atoms with Gasteiger partial charge in [-0.05, 0) is 17.7 Å². The first-order chi connectivity index (χ1) is 9.30. The molecule has 20 heavy (non-hydrogen) atoms. The molecule has 0 spiro atoms. The van der Waals surface area contributed by atoms with Gasteiger partial charge in [-0.3, -0.25) is 4.99 Å². The molecule has 0 unspecified atom stereocenters. The lowest BCUT2D eigenvalue weighted by atomic mass is 10.1. The van der Waals surface area contributed by atoms with Crippen molar-refractivity contribution in [2.75, 3.05) is 19.4 Å². The Bertz CT molecular complexity index is 696. The van der Waals surface area contributed by atoms with Gasteiger partial charge in [0.2, 0.25) is 0 Å². The van der Waals surface area contributed by atoms with E-state index in [0.29, 0.717) is 19.0 Å². The van der Waals surface area contributed by atoms with Crippen molar-refractivity contribution in [3.8, 4) is 0 Å². The van der Waals surface area contributed by atoms with Gasteiger partial charge in [0, 0.05) is 6.26 Å². The van der Waals surface area contributed by atoms with Gasteiger partial charge >= 0.3 is 5.97 Å². The molecule has 0 atom stereocenters. The highest BCUT2D eigenvalue weighted by molar-refractivity contribution is 7.90. The summed E-state index contributed by atoms with van der Waals surface area (Å²) in [6.07, 6.45) is 1.10. The fraction of sp³-hybridized carbons (Fsp3) is 0.333. The molecule has 1 N–H and O–H groups in total. The average molecular weight is 318 g/mol. The number of halogens is 1. The van der Waals surface area contributed by atoms with Gasteiger partial charge in [-0.1, -0.05) is 11.6 Å². The topological polar surface area (TPSA) is 93.0 Å². The van der Waals surface area contributed by atoms with E-state index in [1.54, 1.807) is 0 Å². The molecule has 1 heterocycles. The molecule has 8 heteroatoms. The maximum absolute atomic E-state index is 11.8. The summed E-state index contributed by atoms with van der Waals surface area (Å²) in [6.45, 7) is 0.930. The molecule has 0 aromatic heterocycles. The number of aliphatic imine (C=N–C) groups is 1. The quantitative estimate of drug-likeness (QED) is 0.906. The van der Waals surface area contributed by atoms with Gasteiger partial charge in [0.05, 0.1) is 28.4 Å².